The molecule has 0 saturated carbocycles. The summed E-state index contributed by atoms with van der Waals surface area (Å²) < 4.78 is 2.40. The molecular weight excluding hydrogens is 941 g/mol. The summed E-state index contributed by atoms with van der Waals surface area (Å²) in [5.74, 6) is 0. The molecule has 0 amide bonds. The maximum absolute atomic E-state index is 2.43. The van der Waals surface area contributed by atoms with Gasteiger partial charge in [-0.05, 0) is 179 Å². The monoisotopic (exact) mass is 990 g/mol. The quantitative estimate of drug-likeness (QED) is 0.147. The third kappa shape index (κ3) is 7.81. The first-order valence-electron chi connectivity index (χ1n) is 26.9. The molecule has 1 aliphatic carbocycles. The zero-order chi connectivity index (χ0) is 51.5. The molecular formula is C76H50N2. The van der Waals surface area contributed by atoms with Crippen LogP contribution in [-0.4, -0.2) is 4.57 Å². The van der Waals surface area contributed by atoms with Crippen LogP contribution in [0.3, 0.4) is 0 Å². The van der Waals surface area contributed by atoms with Gasteiger partial charge in [0.2, 0.25) is 0 Å². The van der Waals surface area contributed by atoms with Crippen molar-refractivity contribution in [2.24, 2.45) is 0 Å². The van der Waals surface area contributed by atoms with Gasteiger partial charge in [-0.1, -0.05) is 224 Å². The highest BCUT2D eigenvalue weighted by molar-refractivity contribution is 6.11. The van der Waals surface area contributed by atoms with Gasteiger partial charge in [-0.25, -0.2) is 0 Å². The van der Waals surface area contributed by atoms with Gasteiger partial charge in [0, 0.05) is 33.5 Å². The molecule has 1 aromatic heterocycles. The maximum atomic E-state index is 2.43. The lowest BCUT2D eigenvalue weighted by atomic mass is 9.81. The van der Waals surface area contributed by atoms with Gasteiger partial charge in [-0.3, -0.25) is 0 Å². The highest BCUT2D eigenvalue weighted by Gasteiger charge is 2.24. The molecule has 1 aliphatic rings. The van der Waals surface area contributed by atoms with Crippen LogP contribution in [0.2, 0.25) is 0 Å². The molecule has 2 nitrogen and oxygen atoms in total. The number of benzene rings is 13. The minimum atomic E-state index is 1.08. The average molecular weight is 991 g/mol. The molecule has 13 aromatic carbocycles. The van der Waals surface area contributed by atoms with E-state index < -0.39 is 0 Å². The standard InChI is InChI=1S/C76H50N2/c1-3-16-51(17-4-1)53-32-40-62(41-33-53)78-75-29-14-13-28-72(75)74-49-60(37-45-76(74)78)56-21-15-20-55(46-56)54-34-38-61(39-35-54)77(63-42-36-58-47-57(30-31-59(58)48-63)52-18-5-2-6-19-52)64-43-44-71-69-26-10-9-24-67(69)65-22-7-8-23-66(65)68-25-11-12-27-70(68)73(71)50-64/h1-50H. The highest BCUT2D eigenvalue weighted by Crippen LogP contribution is 2.50. The molecule has 0 spiro atoms. The number of aromatic nitrogens is 1. The van der Waals surface area contributed by atoms with Crippen LogP contribution < -0.4 is 4.90 Å². The van der Waals surface area contributed by atoms with E-state index in [1.165, 1.54) is 116 Å². The highest BCUT2D eigenvalue weighted by atomic mass is 15.1. The number of rotatable bonds is 8. The van der Waals surface area contributed by atoms with Crippen molar-refractivity contribution in [3.8, 4) is 94.7 Å². The number of fused-ring (bicyclic) bond motifs is 12. The summed E-state index contributed by atoms with van der Waals surface area (Å²) in [5.41, 5.74) is 26.2. The fraction of sp³-hybridized carbons (Fsp3) is 0. The predicted octanol–water partition coefficient (Wildman–Crippen LogP) is 21.1. The van der Waals surface area contributed by atoms with E-state index in [4.69, 9.17) is 0 Å². The number of para-hydroxylation sites is 1. The Kier molecular flexibility index (Phi) is 10.9. The molecule has 0 saturated heterocycles. The van der Waals surface area contributed by atoms with Gasteiger partial charge in [-0.15, -0.1) is 0 Å². The van der Waals surface area contributed by atoms with Crippen molar-refractivity contribution < 1.29 is 0 Å². The van der Waals surface area contributed by atoms with E-state index in [0.29, 0.717) is 0 Å². The van der Waals surface area contributed by atoms with E-state index in [2.05, 4.69) is 313 Å². The van der Waals surface area contributed by atoms with Crippen LogP contribution in [0.5, 0.6) is 0 Å². The molecule has 78 heavy (non-hydrogen) atoms. The first kappa shape index (κ1) is 45.1. The van der Waals surface area contributed by atoms with Crippen molar-refractivity contribution in [2.75, 3.05) is 4.90 Å². The van der Waals surface area contributed by atoms with Gasteiger partial charge >= 0.3 is 0 Å². The Balaban J connectivity index is 0.819. The lowest BCUT2D eigenvalue weighted by molar-refractivity contribution is 1.18. The van der Waals surface area contributed by atoms with Crippen molar-refractivity contribution >= 4 is 49.6 Å². The number of anilines is 3. The van der Waals surface area contributed by atoms with E-state index >= 15 is 0 Å². The minimum Gasteiger partial charge on any atom is -0.310 e. The lowest BCUT2D eigenvalue weighted by Gasteiger charge is -2.29. The van der Waals surface area contributed by atoms with Crippen molar-refractivity contribution in [3.05, 3.63) is 303 Å². The van der Waals surface area contributed by atoms with Crippen LogP contribution in [0, 0.1) is 0 Å². The Morgan fingerprint density at radius 1 is 0.205 bits per heavy atom. The molecule has 0 atom stereocenters. The third-order valence-electron chi connectivity index (χ3n) is 16.0. The molecule has 2 heteroatoms. The fourth-order valence-corrected chi connectivity index (χ4v) is 12.2. The summed E-state index contributed by atoms with van der Waals surface area (Å²) in [6, 6.07) is 111. The largest absolute Gasteiger partial charge is 0.310 e. The predicted molar refractivity (Wildman–Crippen MR) is 330 cm³/mol. The van der Waals surface area contributed by atoms with Crippen LogP contribution in [-0.2, 0) is 0 Å². The number of hydrogen-bond acceptors (Lipinski definition) is 1. The zero-order valence-electron chi connectivity index (χ0n) is 42.8. The molecule has 0 N–H and O–H groups in total. The Hall–Kier alpha value is -10.3. The molecule has 14 aromatic rings. The van der Waals surface area contributed by atoms with Crippen LogP contribution in [0.15, 0.2) is 303 Å². The summed E-state index contributed by atoms with van der Waals surface area (Å²) in [6.45, 7) is 0. The first-order valence-corrected chi connectivity index (χ1v) is 26.9. The molecule has 0 aliphatic heterocycles. The van der Waals surface area contributed by atoms with Gasteiger partial charge < -0.3 is 9.47 Å². The Morgan fingerprint density at radius 2 is 0.603 bits per heavy atom. The van der Waals surface area contributed by atoms with Crippen molar-refractivity contribution in [2.45, 2.75) is 0 Å². The summed E-state index contributed by atoms with van der Waals surface area (Å²) >= 11 is 0. The second-order valence-corrected chi connectivity index (χ2v) is 20.4. The van der Waals surface area contributed by atoms with Gasteiger partial charge in [0.1, 0.15) is 0 Å². The summed E-state index contributed by atoms with van der Waals surface area (Å²) in [5, 5.41) is 4.87. The van der Waals surface area contributed by atoms with Gasteiger partial charge in [-0.2, -0.15) is 0 Å². The number of hydrogen-bond donors (Lipinski definition) is 0. The molecule has 0 bridgehead atoms. The van der Waals surface area contributed by atoms with Crippen molar-refractivity contribution in [1.29, 1.82) is 0 Å². The summed E-state index contributed by atoms with van der Waals surface area (Å²) in [7, 11) is 0. The van der Waals surface area contributed by atoms with Gasteiger partial charge in [0.15, 0.2) is 0 Å². The van der Waals surface area contributed by atoms with Crippen molar-refractivity contribution in [3.63, 3.8) is 0 Å². The molecule has 1 heterocycles. The Morgan fingerprint density at radius 3 is 1.27 bits per heavy atom. The topological polar surface area (TPSA) is 8.17 Å². The molecule has 0 radical (unpaired) electrons. The third-order valence-corrected chi connectivity index (χ3v) is 16.0. The Bertz CT molecular complexity index is 4580. The normalized spacial score (nSPS) is 11.6. The molecule has 0 fully saturated rings. The van der Waals surface area contributed by atoms with Crippen LogP contribution in [0.1, 0.15) is 0 Å². The van der Waals surface area contributed by atoms with E-state index in [1.54, 1.807) is 0 Å². The maximum Gasteiger partial charge on any atom is 0.0541 e. The van der Waals surface area contributed by atoms with Gasteiger partial charge in [0.25, 0.3) is 0 Å². The second-order valence-electron chi connectivity index (χ2n) is 20.4. The van der Waals surface area contributed by atoms with Crippen LogP contribution >= 0.6 is 0 Å². The average Bonchev–Trinajstić information content (AvgIpc) is 3.96. The fourth-order valence-electron chi connectivity index (χ4n) is 12.2. The first-order chi connectivity index (χ1) is 38.7. The van der Waals surface area contributed by atoms with E-state index in [0.717, 1.165) is 28.3 Å². The lowest BCUT2D eigenvalue weighted by Crippen LogP contribution is -2.10. The smallest absolute Gasteiger partial charge is 0.0541 e. The summed E-state index contributed by atoms with van der Waals surface area (Å²) in [4.78, 5) is 2.43. The van der Waals surface area contributed by atoms with E-state index in [-0.39, 0.29) is 0 Å². The zero-order valence-corrected chi connectivity index (χ0v) is 42.8. The van der Waals surface area contributed by atoms with Crippen LogP contribution in [0.4, 0.5) is 17.1 Å². The van der Waals surface area contributed by atoms with Crippen LogP contribution in [0.25, 0.3) is 127 Å². The molecule has 364 valence electrons. The van der Waals surface area contributed by atoms with Gasteiger partial charge in [0.05, 0.1) is 11.0 Å². The SMILES string of the molecule is c1ccc(-c2ccc(-n3c4ccccc4c4cc(-c5cccc(-c6ccc(N(c7ccc8c(c7)-c7ccccc7-c7ccccc7-c7ccccc7-8)c7ccc8cc(-c9ccccc9)ccc8c7)cc6)c5)ccc43)cc2)cc1. The molecule has 15 rings (SSSR count). The minimum absolute atomic E-state index is 1.08. The molecule has 0 unspecified atom stereocenters. The number of nitrogens with zero attached hydrogens (tertiary/aromatic N) is 2. The Labute approximate surface area is 454 Å². The second kappa shape index (κ2) is 18.8. The summed E-state index contributed by atoms with van der Waals surface area (Å²) in [6.07, 6.45) is 0. The van der Waals surface area contributed by atoms with Crippen molar-refractivity contribution in [1.82, 2.24) is 4.57 Å². The van der Waals surface area contributed by atoms with E-state index in [9.17, 15) is 0 Å². The van der Waals surface area contributed by atoms with E-state index in [1.807, 2.05) is 0 Å².